The minimum absolute atomic E-state index is 0.137. The van der Waals surface area contributed by atoms with E-state index in [4.69, 9.17) is 9.47 Å². The first-order valence-electron chi connectivity index (χ1n) is 6.19. The number of thioether (sulfide) groups is 1. The van der Waals surface area contributed by atoms with Gasteiger partial charge in [0.2, 0.25) is 0 Å². The lowest BCUT2D eigenvalue weighted by molar-refractivity contribution is 0.354. The summed E-state index contributed by atoms with van der Waals surface area (Å²) in [6.07, 6.45) is 2.08. The van der Waals surface area contributed by atoms with E-state index < -0.39 is 0 Å². The van der Waals surface area contributed by atoms with Crippen molar-refractivity contribution in [3.63, 3.8) is 0 Å². The molecule has 0 N–H and O–H groups in total. The van der Waals surface area contributed by atoms with Crippen molar-refractivity contribution in [2.75, 3.05) is 20.5 Å². The molecule has 0 fully saturated rings. The lowest BCUT2D eigenvalue weighted by Gasteiger charge is -2.14. The van der Waals surface area contributed by atoms with E-state index in [9.17, 15) is 0 Å². The van der Waals surface area contributed by atoms with Crippen LogP contribution in [0.3, 0.4) is 0 Å². The number of methoxy groups -OCH3 is 2. The van der Waals surface area contributed by atoms with Gasteiger partial charge in [0, 0.05) is 4.90 Å². The van der Waals surface area contributed by atoms with E-state index >= 15 is 0 Å². The molecule has 0 aliphatic carbocycles. The van der Waals surface area contributed by atoms with E-state index in [1.54, 1.807) is 26.0 Å². The summed E-state index contributed by atoms with van der Waals surface area (Å²) in [5.41, 5.74) is 2.36. The van der Waals surface area contributed by atoms with Crippen molar-refractivity contribution in [3.8, 4) is 11.5 Å². The Balaban J connectivity index is 2.29. The van der Waals surface area contributed by atoms with E-state index in [1.165, 1.54) is 10.5 Å². The first kappa shape index (κ1) is 15.3. The molecule has 0 aliphatic heterocycles. The molecule has 1 unspecified atom stereocenters. The van der Waals surface area contributed by atoms with Gasteiger partial charge in [-0.3, -0.25) is 0 Å². The summed E-state index contributed by atoms with van der Waals surface area (Å²) < 4.78 is 10.6. The number of benzene rings is 2. The molecule has 106 valence electrons. The van der Waals surface area contributed by atoms with Gasteiger partial charge in [0.05, 0.1) is 19.0 Å². The van der Waals surface area contributed by atoms with Gasteiger partial charge in [0.25, 0.3) is 0 Å². The van der Waals surface area contributed by atoms with Crippen LogP contribution in [0.25, 0.3) is 0 Å². The molecule has 20 heavy (non-hydrogen) atoms. The maximum absolute atomic E-state index is 5.35. The third kappa shape index (κ3) is 3.30. The van der Waals surface area contributed by atoms with Crippen molar-refractivity contribution in [3.05, 3.63) is 53.6 Å². The molecule has 2 aromatic rings. The topological polar surface area (TPSA) is 18.5 Å². The minimum atomic E-state index is 0.137. The van der Waals surface area contributed by atoms with Crippen LogP contribution in [-0.2, 0) is 0 Å². The van der Waals surface area contributed by atoms with Crippen LogP contribution in [0.4, 0.5) is 0 Å². The summed E-state index contributed by atoms with van der Waals surface area (Å²) in [5, 5.41) is 0. The van der Waals surface area contributed by atoms with Crippen molar-refractivity contribution in [2.45, 2.75) is 9.72 Å². The Bertz CT molecular complexity index is 569. The Labute approximate surface area is 132 Å². The van der Waals surface area contributed by atoms with Gasteiger partial charge in [-0.15, -0.1) is 11.8 Å². The maximum atomic E-state index is 5.35. The first-order valence-corrected chi connectivity index (χ1v) is 8.33. The molecule has 0 aliphatic rings. The molecule has 0 saturated carbocycles. The Hall–Kier alpha value is -1.13. The van der Waals surface area contributed by atoms with Gasteiger partial charge in [-0.1, -0.05) is 34.1 Å². The molecule has 0 amide bonds. The maximum Gasteiger partial charge on any atom is 0.161 e. The first-order chi connectivity index (χ1) is 9.69. The molecule has 0 bridgehead atoms. The predicted molar refractivity (Wildman–Crippen MR) is 88.5 cm³/mol. The quantitative estimate of drug-likeness (QED) is 0.562. The largest absolute Gasteiger partial charge is 0.493 e. The fourth-order valence-electron chi connectivity index (χ4n) is 1.98. The second-order valence-corrected chi connectivity index (χ2v) is 6.05. The number of halogens is 1. The molecule has 2 nitrogen and oxygen atoms in total. The SMILES string of the molecule is COc1ccc(C(Br)c2ccc(SC)cc2)cc1OC. The number of alkyl halides is 1. The van der Waals surface area contributed by atoms with Crippen LogP contribution in [0.2, 0.25) is 0 Å². The van der Waals surface area contributed by atoms with Gasteiger partial charge < -0.3 is 9.47 Å². The van der Waals surface area contributed by atoms with Crippen LogP contribution in [0.1, 0.15) is 16.0 Å². The van der Waals surface area contributed by atoms with Crippen LogP contribution in [0.15, 0.2) is 47.4 Å². The highest BCUT2D eigenvalue weighted by atomic mass is 79.9. The van der Waals surface area contributed by atoms with Crippen molar-refractivity contribution in [2.24, 2.45) is 0 Å². The van der Waals surface area contributed by atoms with Crippen LogP contribution in [-0.4, -0.2) is 20.5 Å². The summed E-state index contributed by atoms with van der Waals surface area (Å²) in [4.78, 5) is 1.40. The Morgan fingerprint density at radius 3 is 2.05 bits per heavy atom. The second kappa shape index (κ2) is 7.04. The van der Waals surface area contributed by atoms with Crippen LogP contribution in [0.5, 0.6) is 11.5 Å². The number of hydrogen-bond donors (Lipinski definition) is 0. The summed E-state index contributed by atoms with van der Waals surface area (Å²) >= 11 is 5.49. The van der Waals surface area contributed by atoms with Gasteiger partial charge in [-0.25, -0.2) is 0 Å². The lowest BCUT2D eigenvalue weighted by Crippen LogP contribution is -1.96. The normalized spacial score (nSPS) is 12.0. The average molecular weight is 353 g/mol. The van der Waals surface area contributed by atoms with Crippen molar-refractivity contribution >= 4 is 27.7 Å². The number of ether oxygens (including phenoxy) is 2. The smallest absolute Gasteiger partial charge is 0.161 e. The van der Waals surface area contributed by atoms with E-state index in [-0.39, 0.29) is 4.83 Å². The van der Waals surface area contributed by atoms with E-state index in [1.807, 2.05) is 18.2 Å². The zero-order valence-electron chi connectivity index (χ0n) is 11.7. The molecular formula is C16H17BrO2S. The molecule has 2 aromatic carbocycles. The third-order valence-electron chi connectivity index (χ3n) is 3.11. The molecule has 1 atom stereocenters. The third-order valence-corrected chi connectivity index (χ3v) is 4.91. The molecular weight excluding hydrogens is 336 g/mol. The molecule has 2 rings (SSSR count). The van der Waals surface area contributed by atoms with Crippen molar-refractivity contribution in [1.82, 2.24) is 0 Å². The van der Waals surface area contributed by atoms with Gasteiger partial charge in [-0.2, -0.15) is 0 Å². The fraction of sp³-hybridized carbons (Fsp3) is 0.250. The van der Waals surface area contributed by atoms with Gasteiger partial charge >= 0.3 is 0 Å². The fourth-order valence-corrected chi connectivity index (χ4v) is 2.97. The Kier molecular flexibility index (Phi) is 5.38. The summed E-state index contributed by atoms with van der Waals surface area (Å²) in [6.45, 7) is 0. The Morgan fingerprint density at radius 2 is 1.50 bits per heavy atom. The highest BCUT2D eigenvalue weighted by Crippen LogP contribution is 2.36. The van der Waals surface area contributed by atoms with Gasteiger partial charge in [0.15, 0.2) is 11.5 Å². The van der Waals surface area contributed by atoms with Crippen molar-refractivity contribution in [1.29, 1.82) is 0 Å². The summed E-state index contributed by atoms with van der Waals surface area (Å²) in [5.74, 6) is 1.49. The number of rotatable bonds is 5. The minimum Gasteiger partial charge on any atom is -0.493 e. The van der Waals surface area contributed by atoms with Gasteiger partial charge in [-0.05, 0) is 41.6 Å². The van der Waals surface area contributed by atoms with Crippen LogP contribution in [0, 0.1) is 0 Å². The molecule has 4 heteroatoms. The zero-order chi connectivity index (χ0) is 14.5. The molecule has 0 spiro atoms. The van der Waals surface area contributed by atoms with E-state index in [0.717, 1.165) is 17.1 Å². The number of hydrogen-bond acceptors (Lipinski definition) is 3. The average Bonchev–Trinajstić information content (AvgIpc) is 2.53. The monoisotopic (exact) mass is 352 g/mol. The summed E-state index contributed by atoms with van der Waals surface area (Å²) in [6, 6.07) is 14.5. The predicted octanol–water partition coefficient (Wildman–Crippen LogP) is 4.91. The lowest BCUT2D eigenvalue weighted by atomic mass is 10.0. The van der Waals surface area contributed by atoms with E-state index in [2.05, 4.69) is 46.5 Å². The highest BCUT2D eigenvalue weighted by molar-refractivity contribution is 9.09. The molecule has 0 saturated heterocycles. The molecule has 0 heterocycles. The standard InChI is InChI=1S/C16H17BrO2S/c1-18-14-9-6-12(10-15(14)19-2)16(17)11-4-7-13(20-3)8-5-11/h4-10,16H,1-3H3. The van der Waals surface area contributed by atoms with Crippen LogP contribution >= 0.6 is 27.7 Å². The molecule has 0 radical (unpaired) electrons. The second-order valence-electron chi connectivity index (χ2n) is 4.25. The Morgan fingerprint density at radius 1 is 0.900 bits per heavy atom. The van der Waals surface area contributed by atoms with Crippen molar-refractivity contribution < 1.29 is 9.47 Å². The van der Waals surface area contributed by atoms with E-state index in [0.29, 0.717) is 0 Å². The highest BCUT2D eigenvalue weighted by Gasteiger charge is 2.13. The van der Waals surface area contributed by atoms with Crippen LogP contribution < -0.4 is 9.47 Å². The summed E-state index contributed by atoms with van der Waals surface area (Å²) in [7, 11) is 3.29. The van der Waals surface area contributed by atoms with Gasteiger partial charge in [0.1, 0.15) is 0 Å². The molecule has 0 aromatic heterocycles. The zero-order valence-corrected chi connectivity index (χ0v) is 14.1.